The molecule has 2 amide bonds. The number of aromatic nitrogens is 1. The maximum atomic E-state index is 12.5. The van der Waals surface area contributed by atoms with Gasteiger partial charge >= 0.3 is 0 Å². The highest BCUT2D eigenvalue weighted by Gasteiger charge is 2.16. The third-order valence-corrected chi connectivity index (χ3v) is 3.58. The Morgan fingerprint density at radius 2 is 1.68 bits per heavy atom. The maximum Gasteiger partial charge on any atom is 0.257 e. The minimum absolute atomic E-state index is 0.273. The first-order valence-electron chi connectivity index (χ1n) is 6.82. The second-order valence-electron chi connectivity index (χ2n) is 5.03. The zero-order chi connectivity index (χ0) is 15.7. The van der Waals surface area contributed by atoms with E-state index in [0.717, 1.165) is 10.9 Å². The van der Waals surface area contributed by atoms with E-state index in [0.29, 0.717) is 11.3 Å². The minimum atomic E-state index is -0.575. The smallest absolute Gasteiger partial charge is 0.257 e. The number of rotatable bonds is 3. The van der Waals surface area contributed by atoms with Crippen molar-refractivity contribution in [3.63, 3.8) is 0 Å². The SMILES string of the molecule is Cn1cc(C(=O)Nc2ccccc2C(N)=O)c2ccccc21. The lowest BCUT2D eigenvalue weighted by atomic mass is 10.1. The van der Waals surface area contributed by atoms with Gasteiger partial charge in [-0.1, -0.05) is 30.3 Å². The number of aryl methyl sites for hydroxylation is 1. The Balaban J connectivity index is 2.00. The normalized spacial score (nSPS) is 10.6. The fourth-order valence-electron chi connectivity index (χ4n) is 2.52. The van der Waals surface area contributed by atoms with Crippen LogP contribution in [0.3, 0.4) is 0 Å². The molecule has 0 spiro atoms. The highest BCUT2D eigenvalue weighted by Crippen LogP contribution is 2.22. The van der Waals surface area contributed by atoms with Gasteiger partial charge in [0.1, 0.15) is 0 Å². The summed E-state index contributed by atoms with van der Waals surface area (Å²) in [5.74, 6) is -0.848. The van der Waals surface area contributed by atoms with Crippen LogP contribution in [0.2, 0.25) is 0 Å². The van der Waals surface area contributed by atoms with E-state index in [9.17, 15) is 9.59 Å². The molecule has 2 aromatic carbocycles. The summed E-state index contributed by atoms with van der Waals surface area (Å²) in [7, 11) is 1.89. The van der Waals surface area contributed by atoms with Crippen LogP contribution in [-0.4, -0.2) is 16.4 Å². The van der Waals surface area contributed by atoms with Crippen molar-refractivity contribution < 1.29 is 9.59 Å². The molecule has 0 aliphatic carbocycles. The molecule has 0 fully saturated rings. The van der Waals surface area contributed by atoms with Crippen LogP contribution in [0.5, 0.6) is 0 Å². The van der Waals surface area contributed by atoms with Gasteiger partial charge < -0.3 is 15.6 Å². The van der Waals surface area contributed by atoms with Crippen molar-refractivity contribution in [2.24, 2.45) is 12.8 Å². The summed E-state index contributed by atoms with van der Waals surface area (Å²) in [6.45, 7) is 0. The van der Waals surface area contributed by atoms with Crippen LogP contribution in [0.15, 0.2) is 54.7 Å². The number of nitrogens with two attached hydrogens (primary N) is 1. The topological polar surface area (TPSA) is 77.1 Å². The van der Waals surface area contributed by atoms with Crippen molar-refractivity contribution in [1.29, 1.82) is 0 Å². The maximum absolute atomic E-state index is 12.5. The molecule has 3 rings (SSSR count). The van der Waals surface area contributed by atoms with E-state index >= 15 is 0 Å². The van der Waals surface area contributed by atoms with Gasteiger partial charge in [0.15, 0.2) is 0 Å². The molecule has 3 N–H and O–H groups in total. The summed E-state index contributed by atoms with van der Waals surface area (Å²) in [6.07, 6.45) is 1.77. The van der Waals surface area contributed by atoms with Crippen molar-refractivity contribution in [3.05, 3.63) is 65.9 Å². The molecule has 0 aliphatic rings. The third-order valence-electron chi connectivity index (χ3n) is 3.58. The number of anilines is 1. The lowest BCUT2D eigenvalue weighted by Gasteiger charge is -2.08. The Kier molecular flexibility index (Phi) is 3.39. The Bertz CT molecular complexity index is 880. The van der Waals surface area contributed by atoms with E-state index in [1.807, 2.05) is 35.9 Å². The Morgan fingerprint density at radius 3 is 2.45 bits per heavy atom. The molecule has 1 heterocycles. The average molecular weight is 293 g/mol. The molecule has 5 heteroatoms. The first-order chi connectivity index (χ1) is 10.6. The van der Waals surface area contributed by atoms with Crippen LogP contribution >= 0.6 is 0 Å². The molecule has 3 aromatic rings. The minimum Gasteiger partial charge on any atom is -0.366 e. The number of para-hydroxylation sites is 2. The average Bonchev–Trinajstić information content (AvgIpc) is 2.85. The van der Waals surface area contributed by atoms with Crippen molar-refractivity contribution in [3.8, 4) is 0 Å². The fourth-order valence-corrected chi connectivity index (χ4v) is 2.52. The third kappa shape index (κ3) is 2.33. The predicted octanol–water partition coefficient (Wildman–Crippen LogP) is 2.53. The number of amides is 2. The summed E-state index contributed by atoms with van der Waals surface area (Å²) in [5, 5.41) is 3.62. The zero-order valence-corrected chi connectivity index (χ0v) is 12.0. The van der Waals surface area contributed by atoms with Gasteiger partial charge in [-0.2, -0.15) is 0 Å². The Labute approximate surface area is 127 Å². The van der Waals surface area contributed by atoms with E-state index in [4.69, 9.17) is 5.73 Å². The van der Waals surface area contributed by atoms with Crippen molar-refractivity contribution in [2.75, 3.05) is 5.32 Å². The van der Waals surface area contributed by atoms with Crippen molar-refractivity contribution in [1.82, 2.24) is 4.57 Å². The molecule has 22 heavy (non-hydrogen) atoms. The number of hydrogen-bond donors (Lipinski definition) is 2. The number of fused-ring (bicyclic) bond motifs is 1. The van der Waals surface area contributed by atoms with Crippen LogP contribution < -0.4 is 11.1 Å². The lowest BCUT2D eigenvalue weighted by Crippen LogP contribution is -2.18. The monoisotopic (exact) mass is 293 g/mol. The number of nitrogens with one attached hydrogen (secondary N) is 1. The second kappa shape index (κ2) is 5.37. The van der Waals surface area contributed by atoms with Gasteiger partial charge in [0.2, 0.25) is 0 Å². The Morgan fingerprint density at radius 1 is 1.00 bits per heavy atom. The first-order valence-corrected chi connectivity index (χ1v) is 6.82. The molecular formula is C17H15N3O2. The zero-order valence-electron chi connectivity index (χ0n) is 12.0. The first kappa shape index (κ1) is 13.9. The van der Waals surface area contributed by atoms with E-state index in [1.165, 1.54) is 0 Å². The molecule has 1 aromatic heterocycles. The van der Waals surface area contributed by atoms with Gasteiger partial charge in [0.05, 0.1) is 16.8 Å². The summed E-state index contributed by atoms with van der Waals surface area (Å²) in [6, 6.07) is 14.3. The highest BCUT2D eigenvalue weighted by atomic mass is 16.2. The number of nitrogens with zero attached hydrogens (tertiary/aromatic N) is 1. The van der Waals surface area contributed by atoms with Crippen LogP contribution in [0.4, 0.5) is 5.69 Å². The van der Waals surface area contributed by atoms with Crippen LogP contribution in [-0.2, 0) is 7.05 Å². The van der Waals surface area contributed by atoms with Gasteiger partial charge in [-0.25, -0.2) is 0 Å². The molecule has 0 unspecified atom stereocenters. The quantitative estimate of drug-likeness (QED) is 0.778. The van der Waals surface area contributed by atoms with E-state index in [1.54, 1.807) is 30.5 Å². The predicted molar refractivity (Wildman–Crippen MR) is 85.8 cm³/mol. The van der Waals surface area contributed by atoms with Gasteiger partial charge in [-0.3, -0.25) is 9.59 Å². The molecular weight excluding hydrogens is 278 g/mol. The van der Waals surface area contributed by atoms with E-state index in [-0.39, 0.29) is 11.5 Å². The number of carbonyl (C=O) groups is 2. The number of primary amides is 1. The summed E-state index contributed by atoms with van der Waals surface area (Å²) in [5.41, 5.74) is 7.55. The van der Waals surface area contributed by atoms with Crippen LogP contribution in [0.1, 0.15) is 20.7 Å². The van der Waals surface area contributed by atoms with Gasteiger partial charge in [-0.15, -0.1) is 0 Å². The molecule has 0 atom stereocenters. The Hall–Kier alpha value is -3.08. The lowest BCUT2D eigenvalue weighted by molar-refractivity contribution is 0.100. The molecule has 0 radical (unpaired) electrons. The standard InChI is InChI=1S/C17H15N3O2/c1-20-10-13(11-6-3-5-9-15(11)20)17(22)19-14-8-4-2-7-12(14)16(18)21/h2-10H,1H3,(H2,18,21)(H,19,22). The van der Waals surface area contributed by atoms with Gasteiger partial charge in [0, 0.05) is 24.1 Å². The van der Waals surface area contributed by atoms with Crippen molar-refractivity contribution >= 4 is 28.4 Å². The van der Waals surface area contributed by atoms with Crippen LogP contribution in [0.25, 0.3) is 10.9 Å². The molecule has 0 saturated heterocycles. The van der Waals surface area contributed by atoms with Gasteiger partial charge in [-0.05, 0) is 18.2 Å². The largest absolute Gasteiger partial charge is 0.366 e. The van der Waals surface area contributed by atoms with Crippen molar-refractivity contribution in [2.45, 2.75) is 0 Å². The van der Waals surface area contributed by atoms with E-state index < -0.39 is 5.91 Å². The van der Waals surface area contributed by atoms with Crippen LogP contribution in [0, 0.1) is 0 Å². The summed E-state index contributed by atoms with van der Waals surface area (Å²) >= 11 is 0. The van der Waals surface area contributed by atoms with Gasteiger partial charge in [0.25, 0.3) is 11.8 Å². The second-order valence-corrected chi connectivity index (χ2v) is 5.03. The number of hydrogen-bond acceptors (Lipinski definition) is 2. The highest BCUT2D eigenvalue weighted by molar-refractivity contribution is 6.14. The number of benzene rings is 2. The molecule has 5 nitrogen and oxygen atoms in total. The summed E-state index contributed by atoms with van der Waals surface area (Å²) < 4.78 is 1.89. The summed E-state index contributed by atoms with van der Waals surface area (Å²) in [4.78, 5) is 24.0. The molecule has 0 bridgehead atoms. The fraction of sp³-hybridized carbons (Fsp3) is 0.0588. The van der Waals surface area contributed by atoms with E-state index in [2.05, 4.69) is 5.32 Å². The number of carbonyl (C=O) groups excluding carboxylic acids is 2. The molecule has 0 aliphatic heterocycles. The molecule has 0 saturated carbocycles. The molecule has 110 valence electrons.